The van der Waals surface area contributed by atoms with Gasteiger partial charge in [0.2, 0.25) is 0 Å². The molecule has 1 heterocycles. The molecule has 1 aromatic carbocycles. The monoisotopic (exact) mass is 255 g/mol. The Hall–Kier alpha value is -1.40. The smallest absolute Gasteiger partial charge is 0.322 e. The van der Waals surface area contributed by atoms with Crippen molar-refractivity contribution >= 4 is 15.8 Å². The molecule has 2 rings (SSSR count). The number of sulfone groups is 1. The second-order valence-corrected chi connectivity index (χ2v) is 6.25. The summed E-state index contributed by atoms with van der Waals surface area (Å²) in [5.74, 6) is -0.857. The average Bonchev–Trinajstić information content (AvgIpc) is 2.89. The second-order valence-electron chi connectivity index (χ2n) is 4.23. The molecule has 17 heavy (non-hydrogen) atoms. The molecule has 92 valence electrons. The average molecular weight is 255 g/mol. The summed E-state index contributed by atoms with van der Waals surface area (Å²) in [4.78, 5) is 12.8. The third-order valence-electron chi connectivity index (χ3n) is 2.99. The number of hydrogen-bond acceptors (Lipinski definition) is 4. The largest absolute Gasteiger partial charge is 0.480 e. The molecule has 1 saturated heterocycles. The van der Waals surface area contributed by atoms with E-state index >= 15 is 0 Å². The van der Waals surface area contributed by atoms with E-state index in [0.29, 0.717) is 0 Å². The lowest BCUT2D eigenvalue weighted by Gasteiger charge is -2.01. The van der Waals surface area contributed by atoms with Crippen LogP contribution in [0.3, 0.4) is 0 Å². The van der Waals surface area contributed by atoms with Crippen LogP contribution in [-0.4, -0.2) is 43.7 Å². The first-order valence-electron chi connectivity index (χ1n) is 5.07. The lowest BCUT2D eigenvalue weighted by molar-refractivity contribution is -0.137. The molecule has 1 N–H and O–H groups in total. The van der Waals surface area contributed by atoms with Crippen molar-refractivity contribution in [1.82, 2.24) is 4.90 Å². The zero-order chi connectivity index (χ0) is 12.8. The van der Waals surface area contributed by atoms with Crippen LogP contribution in [0.25, 0.3) is 0 Å². The van der Waals surface area contributed by atoms with Crippen molar-refractivity contribution in [3.8, 4) is 0 Å². The molecule has 0 bridgehead atoms. The van der Waals surface area contributed by atoms with Crippen LogP contribution >= 0.6 is 0 Å². The summed E-state index contributed by atoms with van der Waals surface area (Å²) in [6.45, 7) is 0. The van der Waals surface area contributed by atoms with E-state index in [1.54, 1.807) is 24.1 Å². The van der Waals surface area contributed by atoms with Crippen LogP contribution in [-0.2, 0) is 14.6 Å². The van der Waals surface area contributed by atoms with Crippen LogP contribution in [0.2, 0.25) is 0 Å². The fourth-order valence-electron chi connectivity index (χ4n) is 1.98. The van der Waals surface area contributed by atoms with Crippen molar-refractivity contribution in [2.75, 3.05) is 13.3 Å². The highest BCUT2D eigenvalue weighted by Gasteiger charge is 2.50. The van der Waals surface area contributed by atoms with Gasteiger partial charge in [0.1, 0.15) is 6.04 Å². The van der Waals surface area contributed by atoms with Crippen molar-refractivity contribution in [3.63, 3.8) is 0 Å². The SMILES string of the molecule is CN1C(C(=O)O)C1c1ccc(S(C)(=O)=O)cc1. The number of carbonyl (C=O) groups is 1. The predicted molar refractivity (Wildman–Crippen MR) is 61.5 cm³/mol. The molecule has 1 aliphatic heterocycles. The summed E-state index contributed by atoms with van der Waals surface area (Å²) < 4.78 is 22.5. The Kier molecular flexibility index (Phi) is 2.71. The molecule has 6 heteroatoms. The van der Waals surface area contributed by atoms with Gasteiger partial charge in [-0.3, -0.25) is 9.69 Å². The summed E-state index contributed by atoms with van der Waals surface area (Å²) in [6.07, 6.45) is 1.14. The maximum atomic E-state index is 11.3. The third-order valence-corrected chi connectivity index (χ3v) is 4.12. The molecule has 0 amide bonds. The number of nitrogens with zero attached hydrogens (tertiary/aromatic N) is 1. The Morgan fingerprint density at radius 3 is 2.18 bits per heavy atom. The van der Waals surface area contributed by atoms with Gasteiger partial charge in [-0.1, -0.05) is 12.1 Å². The number of benzene rings is 1. The zero-order valence-electron chi connectivity index (χ0n) is 9.49. The highest BCUT2D eigenvalue weighted by molar-refractivity contribution is 7.90. The first kappa shape index (κ1) is 12.1. The Bertz CT molecular complexity index is 549. The van der Waals surface area contributed by atoms with Crippen LogP contribution in [0.1, 0.15) is 11.6 Å². The van der Waals surface area contributed by atoms with Gasteiger partial charge < -0.3 is 5.11 Å². The summed E-state index contributed by atoms with van der Waals surface area (Å²) in [7, 11) is -1.47. The molecule has 5 nitrogen and oxygen atoms in total. The Morgan fingerprint density at radius 1 is 1.29 bits per heavy atom. The lowest BCUT2D eigenvalue weighted by Crippen LogP contribution is -2.08. The molecule has 1 aromatic rings. The molecule has 0 spiro atoms. The first-order chi connectivity index (χ1) is 7.82. The molecule has 0 radical (unpaired) electrons. The predicted octanol–water partition coefficient (Wildman–Crippen LogP) is 0.530. The third kappa shape index (κ3) is 2.18. The van der Waals surface area contributed by atoms with Crippen molar-refractivity contribution in [2.24, 2.45) is 0 Å². The molecule has 0 aromatic heterocycles. The zero-order valence-corrected chi connectivity index (χ0v) is 10.3. The standard InChI is InChI=1S/C11H13NO4S/c1-12-9(10(12)11(13)14)7-3-5-8(6-4-7)17(2,15)16/h3-6,9-10H,1-2H3,(H,13,14). The van der Waals surface area contributed by atoms with E-state index in [-0.39, 0.29) is 10.9 Å². The van der Waals surface area contributed by atoms with E-state index in [2.05, 4.69) is 0 Å². The van der Waals surface area contributed by atoms with E-state index in [1.807, 2.05) is 0 Å². The number of carboxylic acid groups (broad SMARTS) is 1. The summed E-state index contributed by atoms with van der Waals surface area (Å²) in [5.41, 5.74) is 0.826. The molecule has 1 aliphatic rings. The maximum Gasteiger partial charge on any atom is 0.322 e. The fraction of sp³-hybridized carbons (Fsp3) is 0.364. The van der Waals surface area contributed by atoms with Crippen molar-refractivity contribution < 1.29 is 18.3 Å². The van der Waals surface area contributed by atoms with Gasteiger partial charge in [-0.05, 0) is 24.7 Å². The van der Waals surface area contributed by atoms with Gasteiger partial charge in [-0.15, -0.1) is 0 Å². The minimum atomic E-state index is -3.20. The number of likely N-dealkylation sites (N-methyl/N-ethyl adjacent to an activating group) is 1. The molecular weight excluding hydrogens is 242 g/mol. The van der Waals surface area contributed by atoms with Crippen LogP contribution in [0, 0.1) is 0 Å². The molecule has 1 fully saturated rings. The van der Waals surface area contributed by atoms with E-state index in [1.165, 1.54) is 12.1 Å². The quantitative estimate of drug-likeness (QED) is 0.797. The first-order valence-corrected chi connectivity index (χ1v) is 6.96. The van der Waals surface area contributed by atoms with Gasteiger partial charge in [-0.25, -0.2) is 8.42 Å². The number of hydrogen-bond donors (Lipinski definition) is 1. The topological polar surface area (TPSA) is 74.5 Å². The van der Waals surface area contributed by atoms with Gasteiger partial charge >= 0.3 is 5.97 Å². The normalized spacial score (nSPS) is 27.8. The Balaban J connectivity index is 2.24. The molecule has 3 atom stereocenters. The van der Waals surface area contributed by atoms with Gasteiger partial charge in [0, 0.05) is 6.26 Å². The van der Waals surface area contributed by atoms with Gasteiger partial charge in [0.25, 0.3) is 0 Å². The molecule has 0 saturated carbocycles. The highest BCUT2D eigenvalue weighted by atomic mass is 32.2. The van der Waals surface area contributed by atoms with Gasteiger partial charge in [-0.2, -0.15) is 0 Å². The van der Waals surface area contributed by atoms with Crippen molar-refractivity contribution in [2.45, 2.75) is 17.0 Å². The maximum absolute atomic E-state index is 11.3. The van der Waals surface area contributed by atoms with Crippen molar-refractivity contribution in [3.05, 3.63) is 29.8 Å². The number of aliphatic carboxylic acids is 1. The van der Waals surface area contributed by atoms with Crippen LogP contribution in [0.4, 0.5) is 0 Å². The minimum Gasteiger partial charge on any atom is -0.480 e. The van der Waals surface area contributed by atoms with E-state index in [4.69, 9.17) is 5.11 Å². The Labute approximate surface area is 99.6 Å². The highest BCUT2D eigenvalue weighted by Crippen LogP contribution is 2.41. The van der Waals surface area contributed by atoms with Gasteiger partial charge in [0.15, 0.2) is 9.84 Å². The molecule has 3 unspecified atom stereocenters. The summed E-state index contributed by atoms with van der Waals surface area (Å²) in [5, 5.41) is 8.90. The Morgan fingerprint density at radius 2 is 1.82 bits per heavy atom. The summed E-state index contributed by atoms with van der Waals surface area (Å²) in [6, 6.07) is 5.70. The molecule has 0 aliphatic carbocycles. The van der Waals surface area contributed by atoms with Crippen LogP contribution in [0.5, 0.6) is 0 Å². The fourth-order valence-corrected chi connectivity index (χ4v) is 2.61. The van der Waals surface area contributed by atoms with E-state index in [0.717, 1.165) is 11.8 Å². The van der Waals surface area contributed by atoms with Gasteiger partial charge in [0.05, 0.1) is 10.9 Å². The lowest BCUT2D eigenvalue weighted by atomic mass is 10.1. The van der Waals surface area contributed by atoms with Crippen LogP contribution in [0.15, 0.2) is 29.2 Å². The van der Waals surface area contributed by atoms with E-state index < -0.39 is 21.8 Å². The second kappa shape index (κ2) is 3.82. The van der Waals surface area contributed by atoms with Crippen LogP contribution < -0.4 is 0 Å². The minimum absolute atomic E-state index is 0.152. The number of rotatable bonds is 3. The molecular formula is C11H13NO4S. The summed E-state index contributed by atoms with van der Waals surface area (Å²) >= 11 is 0. The number of carboxylic acids is 1. The van der Waals surface area contributed by atoms with Crippen molar-refractivity contribution in [1.29, 1.82) is 0 Å². The van der Waals surface area contributed by atoms with E-state index in [9.17, 15) is 13.2 Å².